The van der Waals surface area contributed by atoms with Crippen LogP contribution >= 0.6 is 0 Å². The van der Waals surface area contributed by atoms with Gasteiger partial charge in [0, 0.05) is 37.5 Å². The van der Waals surface area contributed by atoms with E-state index in [9.17, 15) is 9.59 Å². The van der Waals surface area contributed by atoms with E-state index < -0.39 is 0 Å². The number of rotatable bonds is 10. The van der Waals surface area contributed by atoms with E-state index >= 15 is 0 Å². The largest absolute Gasteiger partial charge is 0.493 e. The summed E-state index contributed by atoms with van der Waals surface area (Å²) in [6.45, 7) is 10.2. The SMILES string of the molecule is CCCOc1cc(N(CC)CCC)ccc1C=C(C(C)=O)C(=O)NC. The fourth-order valence-electron chi connectivity index (χ4n) is 2.53. The second-order valence-corrected chi connectivity index (χ2v) is 5.84. The molecule has 0 aliphatic rings. The summed E-state index contributed by atoms with van der Waals surface area (Å²) in [5.74, 6) is 0.0294. The van der Waals surface area contributed by atoms with E-state index in [4.69, 9.17) is 4.74 Å². The first-order valence-corrected chi connectivity index (χ1v) is 8.94. The molecule has 1 aromatic rings. The van der Waals surface area contributed by atoms with Crippen LogP contribution in [0.15, 0.2) is 23.8 Å². The van der Waals surface area contributed by atoms with E-state index in [1.807, 2.05) is 25.1 Å². The molecule has 25 heavy (non-hydrogen) atoms. The summed E-state index contributed by atoms with van der Waals surface area (Å²) in [5, 5.41) is 2.51. The van der Waals surface area contributed by atoms with E-state index in [-0.39, 0.29) is 17.3 Å². The van der Waals surface area contributed by atoms with Gasteiger partial charge in [-0.15, -0.1) is 0 Å². The highest BCUT2D eigenvalue weighted by atomic mass is 16.5. The number of amides is 1. The molecule has 5 heteroatoms. The maximum atomic E-state index is 11.9. The quantitative estimate of drug-likeness (QED) is 0.401. The van der Waals surface area contributed by atoms with Crippen molar-refractivity contribution >= 4 is 23.5 Å². The summed E-state index contributed by atoms with van der Waals surface area (Å²) < 4.78 is 5.88. The van der Waals surface area contributed by atoms with Gasteiger partial charge in [-0.25, -0.2) is 0 Å². The van der Waals surface area contributed by atoms with Crippen molar-refractivity contribution in [2.75, 3.05) is 31.6 Å². The topological polar surface area (TPSA) is 58.6 Å². The van der Waals surface area contributed by atoms with Crippen LogP contribution in [-0.4, -0.2) is 38.4 Å². The molecule has 0 unspecified atom stereocenters. The van der Waals surface area contributed by atoms with Crippen LogP contribution in [0.4, 0.5) is 5.69 Å². The average molecular weight is 346 g/mol. The van der Waals surface area contributed by atoms with Crippen LogP contribution in [0.25, 0.3) is 6.08 Å². The molecular weight excluding hydrogens is 316 g/mol. The minimum absolute atomic E-state index is 0.123. The number of anilines is 1. The molecule has 0 aliphatic heterocycles. The molecule has 0 radical (unpaired) electrons. The lowest BCUT2D eigenvalue weighted by atomic mass is 10.1. The number of carbonyl (C=O) groups excluding carboxylic acids is 2. The van der Waals surface area contributed by atoms with Gasteiger partial charge in [0.15, 0.2) is 5.78 Å². The maximum absolute atomic E-state index is 11.9. The summed E-state index contributed by atoms with van der Waals surface area (Å²) in [6, 6.07) is 5.90. The van der Waals surface area contributed by atoms with Gasteiger partial charge in [0.25, 0.3) is 5.91 Å². The molecule has 138 valence electrons. The number of benzene rings is 1. The lowest BCUT2D eigenvalue weighted by Crippen LogP contribution is -2.24. The highest BCUT2D eigenvalue weighted by Crippen LogP contribution is 2.28. The smallest absolute Gasteiger partial charge is 0.254 e. The molecule has 1 rings (SSSR count). The Bertz CT molecular complexity index is 623. The predicted molar refractivity (Wildman–Crippen MR) is 103 cm³/mol. The van der Waals surface area contributed by atoms with Gasteiger partial charge in [-0.2, -0.15) is 0 Å². The molecule has 0 heterocycles. The highest BCUT2D eigenvalue weighted by Gasteiger charge is 2.15. The van der Waals surface area contributed by atoms with Gasteiger partial charge in [-0.3, -0.25) is 9.59 Å². The van der Waals surface area contributed by atoms with Gasteiger partial charge in [0.1, 0.15) is 5.75 Å². The van der Waals surface area contributed by atoms with Gasteiger partial charge >= 0.3 is 0 Å². The third-order valence-corrected chi connectivity index (χ3v) is 3.85. The average Bonchev–Trinajstić information content (AvgIpc) is 2.62. The Hall–Kier alpha value is -2.30. The molecule has 0 spiro atoms. The van der Waals surface area contributed by atoms with Crippen LogP contribution < -0.4 is 15.0 Å². The zero-order valence-corrected chi connectivity index (χ0v) is 16.0. The first kappa shape index (κ1) is 20.7. The summed E-state index contributed by atoms with van der Waals surface area (Å²) in [6.07, 6.45) is 3.55. The Morgan fingerprint density at radius 3 is 2.44 bits per heavy atom. The fourth-order valence-corrected chi connectivity index (χ4v) is 2.53. The molecule has 1 amide bonds. The Kier molecular flexibility index (Phi) is 8.75. The molecular formula is C20H30N2O3. The lowest BCUT2D eigenvalue weighted by Gasteiger charge is -2.23. The number of carbonyl (C=O) groups is 2. The number of Topliss-reactive ketones (excluding diaryl/α,β-unsaturated/α-hetero) is 1. The number of hydrogen-bond acceptors (Lipinski definition) is 4. The third-order valence-electron chi connectivity index (χ3n) is 3.85. The van der Waals surface area contributed by atoms with Crippen LogP contribution in [0.3, 0.4) is 0 Å². The van der Waals surface area contributed by atoms with Gasteiger partial charge in [-0.05, 0) is 44.9 Å². The summed E-state index contributed by atoms with van der Waals surface area (Å²) in [5.41, 5.74) is 1.94. The second-order valence-electron chi connectivity index (χ2n) is 5.84. The molecule has 1 N–H and O–H groups in total. The number of likely N-dealkylation sites (N-methyl/N-ethyl adjacent to an activating group) is 1. The molecule has 0 fully saturated rings. The molecule has 0 saturated heterocycles. The van der Waals surface area contributed by atoms with Crippen molar-refractivity contribution in [3.05, 3.63) is 29.3 Å². The fraction of sp³-hybridized carbons (Fsp3) is 0.500. The van der Waals surface area contributed by atoms with Crippen LogP contribution in [0.1, 0.15) is 46.1 Å². The van der Waals surface area contributed by atoms with E-state index in [0.29, 0.717) is 12.4 Å². The van der Waals surface area contributed by atoms with Gasteiger partial charge in [0.05, 0.1) is 12.2 Å². The molecule has 1 aromatic carbocycles. The zero-order valence-electron chi connectivity index (χ0n) is 16.0. The van der Waals surface area contributed by atoms with Gasteiger partial charge < -0.3 is 15.0 Å². The van der Waals surface area contributed by atoms with E-state index in [0.717, 1.165) is 37.2 Å². The minimum Gasteiger partial charge on any atom is -0.493 e. The van der Waals surface area contributed by atoms with Crippen molar-refractivity contribution in [3.8, 4) is 5.75 Å². The van der Waals surface area contributed by atoms with Crippen molar-refractivity contribution < 1.29 is 14.3 Å². The normalized spacial score (nSPS) is 11.2. The Balaban J connectivity index is 3.33. The van der Waals surface area contributed by atoms with Crippen LogP contribution in [-0.2, 0) is 9.59 Å². The van der Waals surface area contributed by atoms with E-state index in [2.05, 4.69) is 24.1 Å². The van der Waals surface area contributed by atoms with Crippen molar-refractivity contribution in [2.24, 2.45) is 0 Å². The number of nitrogens with one attached hydrogen (secondary N) is 1. The number of ketones is 1. The highest BCUT2D eigenvalue weighted by molar-refractivity contribution is 6.21. The molecule has 0 aliphatic carbocycles. The molecule has 0 bridgehead atoms. The maximum Gasteiger partial charge on any atom is 0.254 e. The molecule has 5 nitrogen and oxygen atoms in total. The van der Waals surface area contributed by atoms with Gasteiger partial charge in [-0.1, -0.05) is 13.8 Å². The lowest BCUT2D eigenvalue weighted by molar-refractivity contribution is -0.121. The Morgan fingerprint density at radius 2 is 1.92 bits per heavy atom. The first-order chi connectivity index (χ1) is 12.0. The van der Waals surface area contributed by atoms with Crippen LogP contribution in [0.2, 0.25) is 0 Å². The van der Waals surface area contributed by atoms with E-state index in [1.54, 1.807) is 6.08 Å². The van der Waals surface area contributed by atoms with E-state index in [1.165, 1.54) is 14.0 Å². The van der Waals surface area contributed by atoms with Crippen molar-refractivity contribution in [1.82, 2.24) is 5.32 Å². The summed E-state index contributed by atoms with van der Waals surface area (Å²) in [4.78, 5) is 26.0. The molecule has 0 atom stereocenters. The monoisotopic (exact) mass is 346 g/mol. The summed E-state index contributed by atoms with van der Waals surface area (Å²) in [7, 11) is 1.51. The number of ether oxygens (including phenoxy) is 1. The van der Waals surface area contributed by atoms with Crippen molar-refractivity contribution in [3.63, 3.8) is 0 Å². The zero-order chi connectivity index (χ0) is 18.8. The number of hydrogen-bond donors (Lipinski definition) is 1. The van der Waals surface area contributed by atoms with Gasteiger partial charge in [0.2, 0.25) is 0 Å². The van der Waals surface area contributed by atoms with Crippen LogP contribution in [0, 0.1) is 0 Å². The minimum atomic E-state index is -0.390. The second kappa shape index (κ2) is 10.5. The predicted octanol–water partition coefficient (Wildman–Crippen LogP) is 3.43. The Morgan fingerprint density at radius 1 is 1.20 bits per heavy atom. The third kappa shape index (κ3) is 5.93. The molecule has 0 saturated carbocycles. The summed E-state index contributed by atoms with van der Waals surface area (Å²) >= 11 is 0. The Labute approximate surface area is 151 Å². The number of nitrogens with zero attached hydrogens (tertiary/aromatic N) is 1. The van der Waals surface area contributed by atoms with Crippen molar-refractivity contribution in [2.45, 2.75) is 40.5 Å². The van der Waals surface area contributed by atoms with Crippen LogP contribution in [0.5, 0.6) is 5.75 Å². The molecule has 0 aromatic heterocycles. The first-order valence-electron chi connectivity index (χ1n) is 8.94. The van der Waals surface area contributed by atoms with Crippen molar-refractivity contribution in [1.29, 1.82) is 0 Å². The standard InChI is InChI=1S/C20H30N2O3/c1-6-11-22(8-3)17-10-9-16(19(14-17)25-12-7-2)13-18(15(4)23)20(24)21-5/h9-10,13-14H,6-8,11-12H2,1-5H3,(H,21,24).